The topological polar surface area (TPSA) is 55.8 Å². The van der Waals surface area contributed by atoms with Crippen LogP contribution in [0, 0.1) is 0 Å². The lowest BCUT2D eigenvalue weighted by molar-refractivity contribution is -0.148. The van der Waals surface area contributed by atoms with Crippen LogP contribution in [-0.4, -0.2) is 30.4 Å². The number of ether oxygens (including phenoxy) is 2. The summed E-state index contributed by atoms with van der Waals surface area (Å²) in [6.45, 7) is 2.78. The van der Waals surface area contributed by atoms with Crippen LogP contribution >= 0.6 is 0 Å². The quantitative estimate of drug-likeness (QED) is 0.474. The maximum Gasteiger partial charge on any atom is 0.305 e. The first kappa shape index (κ1) is 18.7. The van der Waals surface area contributed by atoms with E-state index in [1.54, 1.807) is 0 Å². The highest BCUT2D eigenvalue weighted by Gasteiger charge is 2.09. The molecule has 1 rings (SSSR count). The Kier molecular flexibility index (Phi) is 10.3. The van der Waals surface area contributed by atoms with Crippen molar-refractivity contribution in [3.05, 3.63) is 35.9 Å². The average Bonchev–Trinajstić information content (AvgIpc) is 2.54. The van der Waals surface area contributed by atoms with E-state index in [0.29, 0.717) is 13.0 Å². The number of carbonyl (C=O) groups excluding carboxylic acids is 1. The van der Waals surface area contributed by atoms with Gasteiger partial charge >= 0.3 is 5.97 Å². The molecule has 0 amide bonds. The van der Waals surface area contributed by atoms with E-state index in [1.165, 1.54) is 19.3 Å². The molecule has 1 atom stereocenters. The summed E-state index contributed by atoms with van der Waals surface area (Å²) in [7, 11) is 0. The molecule has 0 aliphatic carbocycles. The highest BCUT2D eigenvalue weighted by Crippen LogP contribution is 2.06. The summed E-state index contributed by atoms with van der Waals surface area (Å²) in [5.74, 6) is -0.237. The largest absolute Gasteiger partial charge is 0.463 e. The Morgan fingerprint density at radius 2 is 1.82 bits per heavy atom. The van der Waals surface area contributed by atoms with Gasteiger partial charge in [-0.25, -0.2) is 0 Å². The number of hydrogen-bond acceptors (Lipinski definition) is 4. The Hall–Kier alpha value is -1.39. The molecule has 0 bridgehead atoms. The van der Waals surface area contributed by atoms with Crippen LogP contribution in [0.3, 0.4) is 0 Å². The van der Waals surface area contributed by atoms with Crippen molar-refractivity contribution in [3.8, 4) is 0 Å². The van der Waals surface area contributed by atoms with Gasteiger partial charge in [-0.05, 0) is 12.0 Å². The molecule has 1 N–H and O–H groups in total. The fraction of sp³-hybridized carbons (Fsp3) is 0.611. The fourth-order valence-electron chi connectivity index (χ4n) is 2.07. The highest BCUT2D eigenvalue weighted by molar-refractivity contribution is 5.69. The number of carbonyl (C=O) groups is 1. The van der Waals surface area contributed by atoms with Crippen molar-refractivity contribution in [1.29, 1.82) is 0 Å². The fourth-order valence-corrected chi connectivity index (χ4v) is 2.07. The molecule has 0 radical (unpaired) electrons. The third-order valence-corrected chi connectivity index (χ3v) is 3.34. The molecule has 0 aliphatic heterocycles. The second kappa shape index (κ2) is 12.2. The predicted octanol–water partition coefficient (Wildman–Crippen LogP) is 3.47. The van der Waals surface area contributed by atoms with Gasteiger partial charge in [-0.2, -0.15) is 0 Å². The normalized spacial score (nSPS) is 12.1. The molecule has 0 heterocycles. The molecule has 0 aromatic heterocycles. The molecule has 4 heteroatoms. The first-order valence-corrected chi connectivity index (χ1v) is 8.17. The minimum absolute atomic E-state index is 0.00256. The third-order valence-electron chi connectivity index (χ3n) is 3.34. The molecule has 0 aliphatic rings. The van der Waals surface area contributed by atoms with Gasteiger partial charge < -0.3 is 14.6 Å². The lowest BCUT2D eigenvalue weighted by Gasteiger charge is -2.12. The van der Waals surface area contributed by atoms with Crippen molar-refractivity contribution in [2.75, 3.05) is 13.2 Å². The van der Waals surface area contributed by atoms with Gasteiger partial charge in [0.1, 0.15) is 12.7 Å². The zero-order valence-electron chi connectivity index (χ0n) is 13.5. The second-order valence-corrected chi connectivity index (χ2v) is 5.50. The lowest BCUT2D eigenvalue weighted by atomic mass is 10.1. The molecular formula is C18H28O4. The van der Waals surface area contributed by atoms with Crippen molar-refractivity contribution in [2.24, 2.45) is 0 Å². The van der Waals surface area contributed by atoms with Crippen molar-refractivity contribution >= 4 is 5.97 Å². The summed E-state index contributed by atoms with van der Waals surface area (Å²) >= 11 is 0. The highest BCUT2D eigenvalue weighted by atomic mass is 16.5. The Balaban J connectivity index is 2.00. The van der Waals surface area contributed by atoms with E-state index in [2.05, 4.69) is 6.92 Å². The number of benzene rings is 1. The van der Waals surface area contributed by atoms with Gasteiger partial charge in [0, 0.05) is 6.42 Å². The van der Waals surface area contributed by atoms with Gasteiger partial charge in [0.2, 0.25) is 0 Å². The number of hydrogen-bond donors (Lipinski definition) is 1. The molecule has 4 nitrogen and oxygen atoms in total. The van der Waals surface area contributed by atoms with Crippen LogP contribution in [0.25, 0.3) is 0 Å². The molecule has 0 fully saturated rings. The predicted molar refractivity (Wildman–Crippen MR) is 86.4 cm³/mol. The van der Waals surface area contributed by atoms with E-state index in [4.69, 9.17) is 9.47 Å². The smallest absolute Gasteiger partial charge is 0.305 e. The summed E-state index contributed by atoms with van der Waals surface area (Å²) in [5.41, 5.74) is 1.05. The minimum atomic E-state index is -0.771. The van der Waals surface area contributed by atoms with E-state index in [-0.39, 0.29) is 19.2 Å². The molecule has 0 spiro atoms. The Morgan fingerprint density at radius 1 is 1.09 bits per heavy atom. The number of unbranched alkanes of at least 4 members (excludes halogenated alkanes) is 4. The number of aliphatic hydroxyl groups is 1. The van der Waals surface area contributed by atoms with Crippen molar-refractivity contribution < 1.29 is 19.4 Å². The van der Waals surface area contributed by atoms with Crippen molar-refractivity contribution in [3.63, 3.8) is 0 Å². The van der Waals surface area contributed by atoms with Crippen LogP contribution in [0.1, 0.15) is 51.0 Å². The monoisotopic (exact) mass is 308 g/mol. The zero-order valence-corrected chi connectivity index (χ0v) is 13.5. The van der Waals surface area contributed by atoms with E-state index in [0.717, 1.165) is 18.4 Å². The zero-order chi connectivity index (χ0) is 16.0. The van der Waals surface area contributed by atoms with Gasteiger partial charge in [0.05, 0.1) is 13.2 Å². The number of esters is 1. The summed E-state index contributed by atoms with van der Waals surface area (Å²) < 4.78 is 10.4. The Bertz CT molecular complexity index is 391. The molecule has 1 aromatic carbocycles. The van der Waals surface area contributed by atoms with Crippen molar-refractivity contribution in [2.45, 2.75) is 58.2 Å². The number of rotatable bonds is 12. The van der Waals surface area contributed by atoms with Gasteiger partial charge in [0.25, 0.3) is 0 Å². The van der Waals surface area contributed by atoms with Gasteiger partial charge in [-0.1, -0.05) is 62.9 Å². The third kappa shape index (κ3) is 9.53. The first-order chi connectivity index (χ1) is 10.7. The summed E-state index contributed by atoms with van der Waals surface area (Å²) in [4.78, 5) is 11.5. The van der Waals surface area contributed by atoms with E-state index < -0.39 is 6.10 Å². The molecule has 1 aromatic rings. The summed E-state index contributed by atoms with van der Waals surface area (Å²) in [5, 5.41) is 9.72. The standard InChI is InChI=1S/C18H28O4/c1-2-3-4-5-9-12-18(20)22-15-17(19)14-21-13-16-10-7-6-8-11-16/h6-8,10-11,17,19H,2-5,9,12-15H2,1H3/t17-/m0/s1. The molecule has 22 heavy (non-hydrogen) atoms. The summed E-state index contributed by atoms with van der Waals surface area (Å²) in [6.07, 6.45) is 5.16. The van der Waals surface area contributed by atoms with Gasteiger partial charge in [0.15, 0.2) is 0 Å². The van der Waals surface area contributed by atoms with E-state index in [1.807, 2.05) is 30.3 Å². The van der Waals surface area contributed by atoms with Crippen LogP contribution in [0.2, 0.25) is 0 Å². The SMILES string of the molecule is CCCCCCCC(=O)OC[C@@H](O)COCc1ccccc1. The first-order valence-electron chi connectivity index (χ1n) is 8.17. The molecule has 0 unspecified atom stereocenters. The van der Waals surface area contributed by atoms with E-state index in [9.17, 15) is 9.90 Å². The van der Waals surface area contributed by atoms with Gasteiger partial charge in [-0.3, -0.25) is 4.79 Å². The maximum atomic E-state index is 11.5. The summed E-state index contributed by atoms with van der Waals surface area (Å²) in [6, 6.07) is 9.75. The Morgan fingerprint density at radius 3 is 2.55 bits per heavy atom. The van der Waals surface area contributed by atoms with Crippen LogP contribution < -0.4 is 0 Å². The van der Waals surface area contributed by atoms with Crippen LogP contribution in [0.5, 0.6) is 0 Å². The van der Waals surface area contributed by atoms with Crippen LogP contribution in [0.15, 0.2) is 30.3 Å². The van der Waals surface area contributed by atoms with Crippen LogP contribution in [-0.2, 0) is 20.9 Å². The number of aliphatic hydroxyl groups excluding tert-OH is 1. The molecule has 0 saturated carbocycles. The maximum absolute atomic E-state index is 11.5. The lowest BCUT2D eigenvalue weighted by Crippen LogP contribution is -2.23. The molecule has 0 saturated heterocycles. The minimum Gasteiger partial charge on any atom is -0.463 e. The van der Waals surface area contributed by atoms with E-state index >= 15 is 0 Å². The Labute approximate surface area is 133 Å². The van der Waals surface area contributed by atoms with Crippen molar-refractivity contribution in [1.82, 2.24) is 0 Å². The second-order valence-electron chi connectivity index (χ2n) is 5.50. The van der Waals surface area contributed by atoms with Crippen LogP contribution in [0.4, 0.5) is 0 Å². The van der Waals surface area contributed by atoms with Gasteiger partial charge in [-0.15, -0.1) is 0 Å². The average molecular weight is 308 g/mol. The molecular weight excluding hydrogens is 280 g/mol. The molecule has 124 valence electrons.